The first-order valence-corrected chi connectivity index (χ1v) is 7.47. The Morgan fingerprint density at radius 3 is 2.56 bits per heavy atom. The van der Waals surface area contributed by atoms with Crippen molar-refractivity contribution in [2.45, 2.75) is 38.7 Å². The molecule has 0 saturated heterocycles. The molecule has 18 heavy (non-hydrogen) atoms. The van der Waals surface area contributed by atoms with Crippen molar-refractivity contribution in [1.29, 1.82) is 0 Å². The summed E-state index contributed by atoms with van der Waals surface area (Å²) >= 11 is 1.79. The molecular weight excluding hydrogens is 240 g/mol. The van der Waals surface area contributed by atoms with Crippen molar-refractivity contribution in [1.82, 2.24) is 0 Å². The molecule has 0 saturated carbocycles. The lowest BCUT2D eigenvalue weighted by Gasteiger charge is -2.11. The molecule has 0 aliphatic heterocycles. The third-order valence-electron chi connectivity index (χ3n) is 3.25. The fourth-order valence-corrected chi connectivity index (χ4v) is 2.82. The van der Waals surface area contributed by atoms with Crippen molar-refractivity contribution in [3.63, 3.8) is 0 Å². The number of aryl methyl sites for hydroxylation is 2. The lowest BCUT2D eigenvalue weighted by atomic mass is 10.0. The SMILES string of the molecule is CCc1ccc(C(O)CCCc2cccs2)cc1. The summed E-state index contributed by atoms with van der Waals surface area (Å²) in [7, 11) is 0. The molecule has 0 radical (unpaired) electrons. The van der Waals surface area contributed by atoms with E-state index in [0.29, 0.717) is 0 Å². The molecule has 0 amide bonds. The second-order valence-electron chi connectivity index (χ2n) is 4.58. The summed E-state index contributed by atoms with van der Waals surface area (Å²) in [6.07, 6.45) is 3.67. The van der Waals surface area contributed by atoms with Gasteiger partial charge >= 0.3 is 0 Å². The van der Waals surface area contributed by atoms with E-state index in [0.717, 1.165) is 31.2 Å². The molecule has 1 aromatic heterocycles. The Morgan fingerprint density at radius 1 is 1.17 bits per heavy atom. The number of hydrogen-bond donors (Lipinski definition) is 1. The molecule has 0 aliphatic carbocycles. The average molecular weight is 260 g/mol. The van der Waals surface area contributed by atoms with Crippen molar-refractivity contribution in [2.75, 3.05) is 0 Å². The smallest absolute Gasteiger partial charge is 0.0790 e. The Morgan fingerprint density at radius 2 is 1.94 bits per heavy atom. The van der Waals surface area contributed by atoms with Crippen LogP contribution in [0.25, 0.3) is 0 Å². The van der Waals surface area contributed by atoms with Crippen LogP contribution in [0, 0.1) is 0 Å². The number of rotatable bonds is 6. The molecule has 96 valence electrons. The first-order valence-electron chi connectivity index (χ1n) is 6.59. The maximum atomic E-state index is 10.1. The number of hydrogen-bond acceptors (Lipinski definition) is 2. The highest BCUT2D eigenvalue weighted by atomic mass is 32.1. The Balaban J connectivity index is 1.81. The molecule has 2 aromatic rings. The van der Waals surface area contributed by atoms with Crippen LogP contribution >= 0.6 is 11.3 Å². The predicted octanol–water partition coefficient (Wildman–Crippen LogP) is 4.37. The van der Waals surface area contributed by atoms with Crippen molar-refractivity contribution in [3.8, 4) is 0 Å². The van der Waals surface area contributed by atoms with Gasteiger partial charge in [-0.05, 0) is 48.3 Å². The first kappa shape index (κ1) is 13.3. The van der Waals surface area contributed by atoms with Crippen molar-refractivity contribution in [3.05, 3.63) is 57.8 Å². The summed E-state index contributed by atoms with van der Waals surface area (Å²) in [6.45, 7) is 2.15. The lowest BCUT2D eigenvalue weighted by molar-refractivity contribution is 0.165. The average Bonchev–Trinajstić information content (AvgIpc) is 2.92. The number of aliphatic hydroxyl groups is 1. The zero-order valence-corrected chi connectivity index (χ0v) is 11.6. The topological polar surface area (TPSA) is 20.2 Å². The van der Waals surface area contributed by atoms with Gasteiger partial charge in [-0.25, -0.2) is 0 Å². The summed E-state index contributed by atoms with van der Waals surface area (Å²) in [5, 5.41) is 12.2. The second-order valence-corrected chi connectivity index (χ2v) is 5.61. The van der Waals surface area contributed by atoms with E-state index in [1.54, 1.807) is 11.3 Å². The van der Waals surface area contributed by atoms with Gasteiger partial charge in [-0.2, -0.15) is 0 Å². The molecule has 1 aromatic carbocycles. The maximum Gasteiger partial charge on any atom is 0.0790 e. The molecule has 2 rings (SSSR count). The third-order valence-corrected chi connectivity index (χ3v) is 4.19. The highest BCUT2D eigenvalue weighted by molar-refractivity contribution is 7.09. The van der Waals surface area contributed by atoms with E-state index in [4.69, 9.17) is 0 Å². The van der Waals surface area contributed by atoms with Gasteiger partial charge in [0, 0.05) is 4.88 Å². The lowest BCUT2D eigenvalue weighted by Crippen LogP contribution is -1.98. The van der Waals surface area contributed by atoms with E-state index < -0.39 is 0 Å². The van der Waals surface area contributed by atoms with Gasteiger partial charge in [-0.3, -0.25) is 0 Å². The first-order chi connectivity index (χ1) is 8.79. The third kappa shape index (κ3) is 3.69. The molecule has 2 heteroatoms. The van der Waals surface area contributed by atoms with E-state index >= 15 is 0 Å². The summed E-state index contributed by atoms with van der Waals surface area (Å²) < 4.78 is 0. The van der Waals surface area contributed by atoms with Crippen LogP contribution in [0.15, 0.2) is 41.8 Å². The summed E-state index contributed by atoms with van der Waals surface area (Å²) in [5.74, 6) is 0. The van der Waals surface area contributed by atoms with Gasteiger partial charge in [0.05, 0.1) is 6.10 Å². The molecule has 1 N–H and O–H groups in total. The van der Waals surface area contributed by atoms with E-state index in [1.807, 2.05) is 0 Å². The monoisotopic (exact) mass is 260 g/mol. The minimum atomic E-state index is -0.323. The van der Waals surface area contributed by atoms with Crippen LogP contribution in [0.3, 0.4) is 0 Å². The van der Waals surface area contributed by atoms with Crippen molar-refractivity contribution >= 4 is 11.3 Å². The molecule has 1 atom stereocenters. The zero-order chi connectivity index (χ0) is 12.8. The van der Waals surface area contributed by atoms with Crippen LogP contribution in [-0.4, -0.2) is 5.11 Å². The standard InChI is InChI=1S/C16H20OS/c1-2-13-8-10-14(11-9-13)16(17)7-3-5-15-6-4-12-18-15/h4,6,8-12,16-17H,2-3,5,7H2,1H3. The second kappa shape index (κ2) is 6.72. The van der Waals surface area contributed by atoms with Crippen molar-refractivity contribution < 1.29 is 5.11 Å². The fraction of sp³-hybridized carbons (Fsp3) is 0.375. The van der Waals surface area contributed by atoms with Gasteiger partial charge in [0.15, 0.2) is 0 Å². The minimum Gasteiger partial charge on any atom is -0.388 e. The fourth-order valence-electron chi connectivity index (χ4n) is 2.07. The summed E-state index contributed by atoms with van der Waals surface area (Å²) in [5.41, 5.74) is 2.36. The predicted molar refractivity (Wildman–Crippen MR) is 78.0 cm³/mol. The molecule has 1 nitrogen and oxygen atoms in total. The van der Waals surface area contributed by atoms with Gasteiger partial charge < -0.3 is 5.11 Å². The minimum absolute atomic E-state index is 0.323. The Bertz CT molecular complexity index is 444. The van der Waals surface area contributed by atoms with Gasteiger partial charge in [-0.15, -0.1) is 11.3 Å². The van der Waals surface area contributed by atoms with Crippen LogP contribution in [0.5, 0.6) is 0 Å². The van der Waals surface area contributed by atoms with Gasteiger partial charge in [-0.1, -0.05) is 37.3 Å². The summed E-state index contributed by atoms with van der Waals surface area (Å²) in [4.78, 5) is 1.41. The van der Waals surface area contributed by atoms with Crippen LogP contribution in [-0.2, 0) is 12.8 Å². The van der Waals surface area contributed by atoms with Crippen LogP contribution in [0.1, 0.15) is 41.9 Å². The molecule has 0 aliphatic rings. The Hall–Kier alpha value is -1.12. The van der Waals surface area contributed by atoms with Gasteiger partial charge in [0.1, 0.15) is 0 Å². The van der Waals surface area contributed by atoms with E-state index in [1.165, 1.54) is 10.4 Å². The number of thiophene rings is 1. The molecular formula is C16H20OS. The molecule has 0 spiro atoms. The molecule has 0 bridgehead atoms. The summed E-state index contributed by atoms with van der Waals surface area (Å²) in [6, 6.07) is 12.6. The number of aliphatic hydroxyl groups excluding tert-OH is 1. The zero-order valence-electron chi connectivity index (χ0n) is 10.8. The molecule has 0 fully saturated rings. The largest absolute Gasteiger partial charge is 0.388 e. The van der Waals surface area contributed by atoms with Gasteiger partial charge in [0.25, 0.3) is 0 Å². The van der Waals surface area contributed by atoms with Crippen molar-refractivity contribution in [2.24, 2.45) is 0 Å². The van der Waals surface area contributed by atoms with E-state index in [9.17, 15) is 5.11 Å². The van der Waals surface area contributed by atoms with E-state index in [2.05, 4.69) is 48.7 Å². The van der Waals surface area contributed by atoms with Crippen LogP contribution in [0.4, 0.5) is 0 Å². The van der Waals surface area contributed by atoms with Crippen LogP contribution in [0.2, 0.25) is 0 Å². The van der Waals surface area contributed by atoms with Crippen LogP contribution < -0.4 is 0 Å². The quantitative estimate of drug-likeness (QED) is 0.818. The Kier molecular flexibility index (Phi) is 4.97. The van der Waals surface area contributed by atoms with Gasteiger partial charge in [0.2, 0.25) is 0 Å². The maximum absolute atomic E-state index is 10.1. The normalized spacial score (nSPS) is 12.6. The molecule has 1 heterocycles. The number of benzene rings is 1. The molecule has 1 unspecified atom stereocenters. The van der Waals surface area contributed by atoms with E-state index in [-0.39, 0.29) is 6.10 Å². The highest BCUT2D eigenvalue weighted by Gasteiger charge is 2.07. The Labute approximate surface area is 113 Å². The highest BCUT2D eigenvalue weighted by Crippen LogP contribution is 2.21.